The number of nitrogens with one attached hydrogen (secondary N) is 2. The third-order valence-electron chi connectivity index (χ3n) is 6.31. The Bertz CT molecular complexity index is 1350. The average molecular weight is 491 g/mol. The molecule has 0 saturated heterocycles. The molecular weight excluding hydrogens is 460 g/mol. The van der Waals surface area contributed by atoms with E-state index < -0.39 is 0 Å². The highest BCUT2D eigenvalue weighted by atomic mass is 32.2. The molecule has 0 saturated carbocycles. The van der Waals surface area contributed by atoms with Gasteiger partial charge in [0, 0.05) is 29.9 Å². The average Bonchev–Trinajstić information content (AvgIpc) is 3.62. The number of pyridine rings is 1. The van der Waals surface area contributed by atoms with Gasteiger partial charge in [-0.1, -0.05) is 19.9 Å². The predicted octanol–water partition coefficient (Wildman–Crippen LogP) is 5.38. The third-order valence-corrected chi connectivity index (χ3v) is 7.01. The van der Waals surface area contributed by atoms with Crippen LogP contribution < -0.4 is 10.0 Å². The fourth-order valence-corrected chi connectivity index (χ4v) is 5.42. The molecule has 1 aromatic carbocycles. The standard InChI is InChI=1S/C24H24N6O2S.C2H6/c1-15-11-16-3-2-4-20(16)23(22(15)17-6-8-29-18(12-17)5-7-25-29)26-24(31)28-33-21-13-19-14-32-10-9-30(19)27-21;1-2/h5-8,11-13H,2-4,9-10,14H2,1H3,(H2,26,28,31);1-2H3. The molecule has 0 bridgehead atoms. The highest BCUT2D eigenvalue weighted by Crippen LogP contribution is 2.40. The van der Waals surface area contributed by atoms with E-state index in [2.05, 4.69) is 45.4 Å². The summed E-state index contributed by atoms with van der Waals surface area (Å²) >= 11 is 1.22. The van der Waals surface area contributed by atoms with Crippen molar-refractivity contribution in [1.29, 1.82) is 0 Å². The molecule has 182 valence electrons. The lowest BCUT2D eigenvalue weighted by atomic mass is 9.93. The van der Waals surface area contributed by atoms with Gasteiger partial charge in [0.2, 0.25) is 0 Å². The number of ether oxygens (including phenoxy) is 1. The number of urea groups is 1. The molecular formula is C26H30N6O2S. The van der Waals surface area contributed by atoms with Gasteiger partial charge in [0.15, 0.2) is 0 Å². The number of aromatic nitrogens is 4. The molecule has 0 radical (unpaired) electrons. The SMILES string of the molecule is CC.Cc1cc2c(c(NC(=O)NSc3cc4n(n3)CCOC4)c1-c1ccn3nccc3c1)CCC2. The van der Waals surface area contributed by atoms with E-state index in [1.165, 1.54) is 23.1 Å². The molecule has 0 fully saturated rings. The van der Waals surface area contributed by atoms with E-state index in [4.69, 9.17) is 4.74 Å². The number of hydrogen-bond donors (Lipinski definition) is 2. The second-order valence-corrected chi connectivity index (χ2v) is 9.29. The Balaban J connectivity index is 0.00000124. The highest BCUT2D eigenvalue weighted by Gasteiger charge is 2.23. The summed E-state index contributed by atoms with van der Waals surface area (Å²) in [5.41, 5.74) is 8.80. The van der Waals surface area contributed by atoms with Crippen molar-refractivity contribution < 1.29 is 9.53 Å². The Labute approximate surface area is 209 Å². The van der Waals surface area contributed by atoms with Crippen LogP contribution in [0.15, 0.2) is 47.8 Å². The van der Waals surface area contributed by atoms with E-state index in [9.17, 15) is 4.79 Å². The highest BCUT2D eigenvalue weighted by molar-refractivity contribution is 7.97. The van der Waals surface area contributed by atoms with Crippen molar-refractivity contribution in [2.45, 2.75) is 58.2 Å². The summed E-state index contributed by atoms with van der Waals surface area (Å²) in [5.74, 6) is 0. The van der Waals surface area contributed by atoms with Gasteiger partial charge in [-0.05, 0) is 72.7 Å². The second-order valence-electron chi connectivity index (χ2n) is 8.46. The number of rotatable bonds is 4. The van der Waals surface area contributed by atoms with Gasteiger partial charge >= 0.3 is 6.03 Å². The molecule has 2 amide bonds. The van der Waals surface area contributed by atoms with Gasteiger partial charge < -0.3 is 10.1 Å². The van der Waals surface area contributed by atoms with Crippen molar-refractivity contribution >= 4 is 29.2 Å². The van der Waals surface area contributed by atoms with Crippen LogP contribution in [-0.4, -0.2) is 32.0 Å². The Morgan fingerprint density at radius 1 is 1.17 bits per heavy atom. The second kappa shape index (κ2) is 10.1. The maximum absolute atomic E-state index is 13.0. The third kappa shape index (κ3) is 4.66. The summed E-state index contributed by atoms with van der Waals surface area (Å²) in [6.45, 7) is 8.07. The first-order valence-electron chi connectivity index (χ1n) is 12.1. The summed E-state index contributed by atoms with van der Waals surface area (Å²) in [6, 6.07) is 10.1. The molecule has 35 heavy (non-hydrogen) atoms. The van der Waals surface area contributed by atoms with Crippen LogP contribution in [-0.2, 0) is 30.7 Å². The topological polar surface area (TPSA) is 85.5 Å². The van der Waals surface area contributed by atoms with E-state index >= 15 is 0 Å². The molecule has 6 rings (SSSR count). The van der Waals surface area contributed by atoms with Gasteiger partial charge in [0.25, 0.3) is 0 Å². The first-order chi connectivity index (χ1) is 17.2. The number of carbonyl (C=O) groups excluding carboxylic acids is 1. The normalized spacial score (nSPS) is 14.1. The minimum atomic E-state index is -0.256. The van der Waals surface area contributed by atoms with Crippen LogP contribution in [0.4, 0.5) is 10.5 Å². The van der Waals surface area contributed by atoms with Crippen LogP contribution in [0.1, 0.15) is 42.7 Å². The van der Waals surface area contributed by atoms with Crippen LogP contribution in [0, 0.1) is 6.92 Å². The van der Waals surface area contributed by atoms with Gasteiger partial charge in [-0.15, -0.1) is 0 Å². The molecule has 4 heterocycles. The van der Waals surface area contributed by atoms with Crippen LogP contribution in [0.25, 0.3) is 16.6 Å². The lowest BCUT2D eigenvalue weighted by Gasteiger charge is -2.19. The van der Waals surface area contributed by atoms with Gasteiger partial charge in [0.1, 0.15) is 5.03 Å². The molecule has 0 spiro atoms. The Morgan fingerprint density at radius 2 is 2.06 bits per heavy atom. The Kier molecular flexibility index (Phi) is 6.79. The number of anilines is 1. The van der Waals surface area contributed by atoms with Crippen molar-refractivity contribution in [3.8, 4) is 11.1 Å². The lowest BCUT2D eigenvalue weighted by Crippen LogP contribution is -2.24. The van der Waals surface area contributed by atoms with Crippen molar-refractivity contribution in [3.05, 3.63) is 65.1 Å². The Morgan fingerprint density at radius 3 is 2.91 bits per heavy atom. The smallest absolute Gasteiger partial charge is 0.329 e. The molecule has 4 aromatic rings. The fraction of sp³-hybridized carbons (Fsp3) is 0.346. The lowest BCUT2D eigenvalue weighted by molar-refractivity contribution is 0.0799. The molecule has 0 unspecified atom stereocenters. The molecule has 0 atom stereocenters. The maximum atomic E-state index is 13.0. The van der Waals surface area contributed by atoms with Gasteiger partial charge in [0.05, 0.1) is 36.7 Å². The molecule has 2 N–H and O–H groups in total. The molecule has 8 nitrogen and oxygen atoms in total. The van der Waals surface area contributed by atoms with Crippen molar-refractivity contribution in [2.75, 3.05) is 11.9 Å². The number of hydrogen-bond acceptors (Lipinski definition) is 5. The first kappa shape index (κ1) is 23.4. The van der Waals surface area contributed by atoms with Gasteiger partial charge in [-0.3, -0.25) is 9.40 Å². The quantitative estimate of drug-likeness (QED) is 0.375. The van der Waals surface area contributed by atoms with Crippen LogP contribution in [0.2, 0.25) is 0 Å². The molecule has 3 aromatic heterocycles. The zero-order valence-electron chi connectivity index (χ0n) is 20.3. The van der Waals surface area contributed by atoms with Gasteiger partial charge in [-0.2, -0.15) is 10.2 Å². The van der Waals surface area contributed by atoms with E-state index in [0.29, 0.717) is 13.2 Å². The number of fused-ring (bicyclic) bond motifs is 3. The summed E-state index contributed by atoms with van der Waals surface area (Å²) in [5, 5.41) is 12.8. The summed E-state index contributed by atoms with van der Waals surface area (Å²) in [6.07, 6.45) is 6.87. The van der Waals surface area contributed by atoms with E-state index in [1.807, 2.05) is 41.4 Å². The monoisotopic (exact) mass is 490 g/mol. The summed E-state index contributed by atoms with van der Waals surface area (Å²) < 4.78 is 12.2. The molecule has 2 aliphatic rings. The zero-order valence-corrected chi connectivity index (χ0v) is 21.1. The van der Waals surface area contributed by atoms with Crippen LogP contribution in [0.5, 0.6) is 0 Å². The van der Waals surface area contributed by atoms with E-state index in [0.717, 1.165) is 64.4 Å². The van der Waals surface area contributed by atoms with Crippen molar-refractivity contribution in [2.24, 2.45) is 0 Å². The van der Waals surface area contributed by atoms with E-state index in [1.54, 1.807) is 6.20 Å². The summed E-state index contributed by atoms with van der Waals surface area (Å²) in [4.78, 5) is 13.0. The number of amides is 2. The summed E-state index contributed by atoms with van der Waals surface area (Å²) in [7, 11) is 0. The number of aryl methyl sites for hydroxylation is 2. The molecule has 1 aliphatic heterocycles. The minimum absolute atomic E-state index is 0.256. The van der Waals surface area contributed by atoms with Crippen molar-refractivity contribution in [1.82, 2.24) is 24.1 Å². The zero-order chi connectivity index (χ0) is 24.4. The number of nitrogens with zero attached hydrogens (tertiary/aromatic N) is 4. The minimum Gasteiger partial charge on any atom is -0.373 e. The maximum Gasteiger partial charge on any atom is 0.329 e. The van der Waals surface area contributed by atoms with Crippen molar-refractivity contribution in [3.63, 3.8) is 0 Å². The predicted molar refractivity (Wildman–Crippen MR) is 139 cm³/mol. The first-order valence-corrected chi connectivity index (χ1v) is 12.9. The number of benzene rings is 1. The largest absolute Gasteiger partial charge is 0.373 e. The van der Waals surface area contributed by atoms with Crippen LogP contribution in [0.3, 0.4) is 0 Å². The molecule has 1 aliphatic carbocycles. The van der Waals surface area contributed by atoms with Gasteiger partial charge in [-0.25, -0.2) is 9.31 Å². The Hall–Kier alpha value is -3.30. The van der Waals surface area contributed by atoms with E-state index in [-0.39, 0.29) is 6.03 Å². The molecule has 9 heteroatoms. The number of carbonyl (C=O) groups is 1. The van der Waals surface area contributed by atoms with Crippen LogP contribution >= 0.6 is 11.9 Å². The fourth-order valence-electron chi connectivity index (χ4n) is 4.83.